The second-order valence-corrected chi connectivity index (χ2v) is 5.49. The molecule has 0 bridgehead atoms. The van der Waals surface area contributed by atoms with Gasteiger partial charge in [-0.25, -0.2) is 4.99 Å². The van der Waals surface area contributed by atoms with Crippen molar-refractivity contribution in [3.05, 3.63) is 41.0 Å². The van der Waals surface area contributed by atoms with E-state index in [1.165, 1.54) is 11.1 Å². The van der Waals surface area contributed by atoms with Crippen LogP contribution in [0.5, 0.6) is 0 Å². The first-order valence-electron chi connectivity index (χ1n) is 7.18. The number of benzene rings is 1. The van der Waals surface area contributed by atoms with E-state index in [2.05, 4.69) is 45.0 Å². The van der Waals surface area contributed by atoms with E-state index in [1.807, 2.05) is 12.1 Å². The van der Waals surface area contributed by atoms with Crippen molar-refractivity contribution in [2.45, 2.75) is 39.8 Å². The number of aliphatic imine (C=N–C) groups is 1. The van der Waals surface area contributed by atoms with Gasteiger partial charge in [0.1, 0.15) is 12.4 Å². The number of guanidine groups is 1. The standard InChI is InChI=1S/C15H20N6/c1-10-6-11(2)8-12(7-10)18-15(16)17-9-14-20-19-13-4-3-5-21(13)14/h6-8H,3-5,9H2,1-2H3,(H3,16,17,18). The summed E-state index contributed by atoms with van der Waals surface area (Å²) in [7, 11) is 0. The number of hydrogen-bond donors (Lipinski definition) is 2. The van der Waals surface area contributed by atoms with Gasteiger partial charge in [0.25, 0.3) is 0 Å². The predicted molar refractivity (Wildman–Crippen MR) is 83.2 cm³/mol. The van der Waals surface area contributed by atoms with Crippen LogP contribution in [0.15, 0.2) is 23.2 Å². The summed E-state index contributed by atoms with van der Waals surface area (Å²) in [5.41, 5.74) is 9.30. The molecule has 0 atom stereocenters. The normalized spacial score (nSPS) is 14.3. The van der Waals surface area contributed by atoms with Gasteiger partial charge in [0.15, 0.2) is 11.8 Å². The molecule has 1 aliphatic heterocycles. The molecule has 6 heteroatoms. The summed E-state index contributed by atoms with van der Waals surface area (Å²) in [6, 6.07) is 6.21. The number of fused-ring (bicyclic) bond motifs is 1. The van der Waals surface area contributed by atoms with E-state index in [0.717, 1.165) is 36.7 Å². The fourth-order valence-corrected chi connectivity index (χ4v) is 2.72. The lowest BCUT2D eigenvalue weighted by Gasteiger charge is -2.08. The fraction of sp³-hybridized carbons (Fsp3) is 0.400. The molecule has 21 heavy (non-hydrogen) atoms. The lowest BCUT2D eigenvalue weighted by atomic mass is 10.1. The number of nitrogens with one attached hydrogen (secondary N) is 1. The molecule has 2 heterocycles. The molecule has 0 saturated heterocycles. The van der Waals surface area contributed by atoms with Gasteiger partial charge in [0, 0.05) is 18.7 Å². The second-order valence-electron chi connectivity index (χ2n) is 5.49. The van der Waals surface area contributed by atoms with Gasteiger partial charge in [0.2, 0.25) is 0 Å². The minimum Gasteiger partial charge on any atom is -0.370 e. The van der Waals surface area contributed by atoms with E-state index >= 15 is 0 Å². The molecule has 1 aromatic heterocycles. The number of anilines is 1. The third kappa shape index (κ3) is 3.04. The quantitative estimate of drug-likeness (QED) is 0.665. The first kappa shape index (κ1) is 13.6. The van der Waals surface area contributed by atoms with Crippen LogP contribution >= 0.6 is 0 Å². The second kappa shape index (κ2) is 5.55. The summed E-state index contributed by atoms with van der Waals surface area (Å²) in [6.45, 7) is 5.56. The molecule has 0 aliphatic carbocycles. The van der Waals surface area contributed by atoms with E-state index in [-0.39, 0.29) is 0 Å². The molecule has 0 fully saturated rings. The molecule has 3 N–H and O–H groups in total. The van der Waals surface area contributed by atoms with E-state index < -0.39 is 0 Å². The monoisotopic (exact) mass is 284 g/mol. The van der Waals surface area contributed by atoms with Crippen LogP contribution in [0.2, 0.25) is 0 Å². The van der Waals surface area contributed by atoms with E-state index in [0.29, 0.717) is 12.5 Å². The maximum Gasteiger partial charge on any atom is 0.193 e. The smallest absolute Gasteiger partial charge is 0.193 e. The number of nitrogens with zero attached hydrogens (tertiary/aromatic N) is 4. The van der Waals surface area contributed by atoms with Gasteiger partial charge in [-0.3, -0.25) is 0 Å². The summed E-state index contributed by atoms with van der Waals surface area (Å²) in [5, 5.41) is 11.5. The third-order valence-electron chi connectivity index (χ3n) is 3.57. The molecule has 2 aromatic rings. The van der Waals surface area contributed by atoms with Gasteiger partial charge in [-0.2, -0.15) is 0 Å². The van der Waals surface area contributed by atoms with E-state index in [1.54, 1.807) is 0 Å². The highest BCUT2D eigenvalue weighted by Crippen LogP contribution is 2.15. The van der Waals surface area contributed by atoms with Gasteiger partial charge < -0.3 is 15.6 Å². The zero-order chi connectivity index (χ0) is 14.8. The number of rotatable bonds is 3. The van der Waals surface area contributed by atoms with Crippen molar-refractivity contribution in [1.82, 2.24) is 14.8 Å². The Bertz CT molecular complexity index is 665. The average Bonchev–Trinajstić information content (AvgIpc) is 2.98. The molecule has 0 unspecified atom stereocenters. The summed E-state index contributed by atoms with van der Waals surface area (Å²) in [6.07, 6.45) is 2.14. The van der Waals surface area contributed by atoms with Gasteiger partial charge in [-0.05, 0) is 43.5 Å². The molecule has 1 aromatic carbocycles. The first-order valence-corrected chi connectivity index (χ1v) is 7.18. The highest BCUT2D eigenvalue weighted by atomic mass is 15.3. The van der Waals surface area contributed by atoms with Crippen molar-refractivity contribution in [2.75, 3.05) is 5.32 Å². The van der Waals surface area contributed by atoms with Crippen LogP contribution in [0.3, 0.4) is 0 Å². The van der Waals surface area contributed by atoms with E-state index in [9.17, 15) is 0 Å². The van der Waals surface area contributed by atoms with Crippen LogP contribution < -0.4 is 11.1 Å². The summed E-state index contributed by atoms with van der Waals surface area (Å²) < 4.78 is 2.13. The zero-order valence-electron chi connectivity index (χ0n) is 12.4. The van der Waals surface area contributed by atoms with Gasteiger partial charge in [-0.15, -0.1) is 10.2 Å². The number of aryl methyl sites for hydroxylation is 3. The Labute approximate surface area is 124 Å². The van der Waals surface area contributed by atoms with Crippen molar-refractivity contribution in [3.63, 3.8) is 0 Å². The topological polar surface area (TPSA) is 81.1 Å². The van der Waals surface area contributed by atoms with Crippen LogP contribution in [0.25, 0.3) is 0 Å². The Morgan fingerprint density at radius 2 is 2.05 bits per heavy atom. The molecule has 1 aliphatic rings. The minimum atomic E-state index is 0.398. The Morgan fingerprint density at radius 1 is 1.29 bits per heavy atom. The lowest BCUT2D eigenvalue weighted by Crippen LogP contribution is -2.23. The predicted octanol–water partition coefficient (Wildman–Crippen LogP) is 1.77. The van der Waals surface area contributed by atoms with Crippen molar-refractivity contribution in [3.8, 4) is 0 Å². The van der Waals surface area contributed by atoms with Crippen LogP contribution in [0.4, 0.5) is 5.69 Å². The molecule has 0 radical (unpaired) electrons. The van der Waals surface area contributed by atoms with Crippen LogP contribution in [-0.4, -0.2) is 20.7 Å². The number of hydrogen-bond acceptors (Lipinski definition) is 3. The van der Waals surface area contributed by atoms with Crippen molar-refractivity contribution in [2.24, 2.45) is 10.7 Å². The SMILES string of the molecule is Cc1cc(C)cc(NC(N)=NCc2nnc3n2CCC3)c1. The zero-order valence-corrected chi connectivity index (χ0v) is 12.4. The highest BCUT2D eigenvalue weighted by molar-refractivity contribution is 5.92. The maximum atomic E-state index is 5.95. The van der Waals surface area contributed by atoms with Crippen molar-refractivity contribution < 1.29 is 0 Å². The summed E-state index contributed by atoms with van der Waals surface area (Å²) >= 11 is 0. The van der Waals surface area contributed by atoms with Gasteiger partial charge in [-0.1, -0.05) is 6.07 Å². The Balaban J connectivity index is 1.68. The number of aromatic nitrogens is 3. The molecule has 6 nitrogen and oxygen atoms in total. The van der Waals surface area contributed by atoms with Crippen LogP contribution in [0.1, 0.15) is 29.2 Å². The molecule has 3 rings (SSSR count). The Morgan fingerprint density at radius 3 is 2.81 bits per heavy atom. The first-order chi connectivity index (χ1) is 10.1. The van der Waals surface area contributed by atoms with E-state index in [4.69, 9.17) is 5.73 Å². The molecule has 0 saturated carbocycles. The summed E-state index contributed by atoms with van der Waals surface area (Å²) in [5.74, 6) is 2.34. The molecular weight excluding hydrogens is 264 g/mol. The molecule has 0 amide bonds. The Hall–Kier alpha value is -2.37. The summed E-state index contributed by atoms with van der Waals surface area (Å²) in [4.78, 5) is 4.36. The lowest BCUT2D eigenvalue weighted by molar-refractivity contribution is 0.688. The third-order valence-corrected chi connectivity index (χ3v) is 3.57. The average molecular weight is 284 g/mol. The van der Waals surface area contributed by atoms with Gasteiger partial charge >= 0.3 is 0 Å². The fourth-order valence-electron chi connectivity index (χ4n) is 2.72. The molecule has 110 valence electrons. The molecular formula is C15H20N6. The van der Waals surface area contributed by atoms with Crippen LogP contribution in [-0.2, 0) is 19.5 Å². The van der Waals surface area contributed by atoms with Crippen molar-refractivity contribution >= 4 is 11.6 Å². The van der Waals surface area contributed by atoms with Crippen LogP contribution in [0, 0.1) is 13.8 Å². The maximum absolute atomic E-state index is 5.95. The number of nitrogens with two attached hydrogens (primary N) is 1. The largest absolute Gasteiger partial charge is 0.370 e. The highest BCUT2D eigenvalue weighted by Gasteiger charge is 2.16. The minimum absolute atomic E-state index is 0.398. The Kier molecular flexibility index (Phi) is 3.60. The molecule has 0 spiro atoms. The van der Waals surface area contributed by atoms with Crippen molar-refractivity contribution in [1.29, 1.82) is 0 Å². The van der Waals surface area contributed by atoms with Gasteiger partial charge in [0.05, 0.1) is 0 Å².